The lowest BCUT2D eigenvalue weighted by atomic mass is 10.2. The molecule has 0 aliphatic heterocycles. The molecule has 0 rings (SSSR count). The lowest BCUT2D eigenvalue weighted by molar-refractivity contribution is 0.140. The van der Waals surface area contributed by atoms with Gasteiger partial charge in [-0.25, -0.2) is 0 Å². The van der Waals surface area contributed by atoms with Crippen LogP contribution in [0.3, 0.4) is 0 Å². The van der Waals surface area contributed by atoms with E-state index in [1.54, 1.807) is 6.21 Å². The van der Waals surface area contributed by atoms with E-state index >= 15 is 0 Å². The molecule has 2 heteroatoms. The second-order valence-electron chi connectivity index (χ2n) is 2.59. The lowest BCUT2D eigenvalue weighted by Gasteiger charge is -1.97. The first-order chi connectivity index (χ1) is 5.41. The van der Waals surface area contributed by atoms with Crippen LogP contribution in [0.4, 0.5) is 0 Å². The van der Waals surface area contributed by atoms with Crippen molar-refractivity contribution in [2.24, 2.45) is 5.16 Å². The molecule has 0 fully saturated rings. The third-order valence-corrected chi connectivity index (χ3v) is 1.42. The Morgan fingerprint density at radius 2 is 2.00 bits per heavy atom. The molecule has 0 aliphatic carbocycles. The van der Waals surface area contributed by atoms with E-state index in [1.807, 2.05) is 6.92 Å². The van der Waals surface area contributed by atoms with Gasteiger partial charge in [0.2, 0.25) is 0 Å². The van der Waals surface area contributed by atoms with Crippen molar-refractivity contribution in [3.8, 4) is 0 Å². The highest BCUT2D eigenvalue weighted by atomic mass is 16.6. The fourth-order valence-corrected chi connectivity index (χ4v) is 0.773. The fourth-order valence-electron chi connectivity index (χ4n) is 0.773. The number of oxime groups is 1. The molecule has 66 valence electrons. The Bertz CT molecular complexity index is 91.6. The monoisotopic (exact) mass is 157 g/mol. The van der Waals surface area contributed by atoms with Crippen molar-refractivity contribution in [1.82, 2.24) is 0 Å². The van der Waals surface area contributed by atoms with Crippen molar-refractivity contribution < 1.29 is 4.84 Å². The van der Waals surface area contributed by atoms with Crippen molar-refractivity contribution in [3.05, 3.63) is 0 Å². The van der Waals surface area contributed by atoms with E-state index in [1.165, 1.54) is 19.3 Å². The van der Waals surface area contributed by atoms with Crippen molar-refractivity contribution in [1.29, 1.82) is 0 Å². The number of unbranched alkanes of at least 4 members (excludes halogenated alkanes) is 3. The van der Waals surface area contributed by atoms with Crippen LogP contribution in [-0.2, 0) is 4.84 Å². The summed E-state index contributed by atoms with van der Waals surface area (Å²) in [6.45, 7) is 5.02. The van der Waals surface area contributed by atoms with Gasteiger partial charge in [-0.3, -0.25) is 0 Å². The average Bonchev–Trinajstić information content (AvgIpc) is 2.03. The van der Waals surface area contributed by atoms with Crippen LogP contribution in [0.5, 0.6) is 0 Å². The summed E-state index contributed by atoms with van der Waals surface area (Å²) < 4.78 is 0. The summed E-state index contributed by atoms with van der Waals surface area (Å²) in [4.78, 5) is 4.99. The van der Waals surface area contributed by atoms with Crippen LogP contribution >= 0.6 is 0 Å². The van der Waals surface area contributed by atoms with E-state index in [2.05, 4.69) is 12.1 Å². The van der Waals surface area contributed by atoms with Gasteiger partial charge >= 0.3 is 0 Å². The maximum absolute atomic E-state index is 4.99. The van der Waals surface area contributed by atoms with Gasteiger partial charge in [-0.1, -0.05) is 31.8 Å². The Morgan fingerprint density at radius 1 is 1.18 bits per heavy atom. The standard InChI is InChI=1S/C9H19NO/c1-3-5-6-7-9-11-10-8-4-2/h8H,3-7,9H2,1-2H3. The van der Waals surface area contributed by atoms with Gasteiger partial charge in [-0.15, -0.1) is 0 Å². The smallest absolute Gasteiger partial charge is 0.117 e. The van der Waals surface area contributed by atoms with Gasteiger partial charge in [0, 0.05) is 6.21 Å². The SMILES string of the molecule is CCC=NOCCCCCC. The van der Waals surface area contributed by atoms with Crippen LogP contribution < -0.4 is 0 Å². The molecule has 0 atom stereocenters. The number of rotatable bonds is 7. The van der Waals surface area contributed by atoms with Gasteiger partial charge in [0.15, 0.2) is 0 Å². The molecule has 11 heavy (non-hydrogen) atoms. The summed E-state index contributed by atoms with van der Waals surface area (Å²) >= 11 is 0. The molecule has 0 aromatic carbocycles. The molecule has 0 spiro atoms. The second kappa shape index (κ2) is 9.47. The highest BCUT2D eigenvalue weighted by molar-refractivity contribution is 5.55. The minimum atomic E-state index is 0.774. The molecule has 0 N–H and O–H groups in total. The maximum Gasteiger partial charge on any atom is 0.117 e. The van der Waals surface area contributed by atoms with Gasteiger partial charge in [-0.2, -0.15) is 0 Å². The predicted molar refractivity (Wildman–Crippen MR) is 48.9 cm³/mol. The Morgan fingerprint density at radius 3 is 2.64 bits per heavy atom. The first kappa shape index (κ1) is 10.5. The molecular weight excluding hydrogens is 138 g/mol. The topological polar surface area (TPSA) is 21.6 Å². The summed E-state index contributed by atoms with van der Waals surface area (Å²) in [5.41, 5.74) is 0. The molecule has 2 nitrogen and oxygen atoms in total. The normalized spacial score (nSPS) is 10.7. The predicted octanol–water partition coefficient (Wildman–Crippen LogP) is 2.98. The first-order valence-electron chi connectivity index (χ1n) is 4.55. The molecule has 0 heterocycles. The van der Waals surface area contributed by atoms with Crippen molar-refractivity contribution in [2.75, 3.05) is 6.61 Å². The largest absolute Gasteiger partial charge is 0.396 e. The summed E-state index contributed by atoms with van der Waals surface area (Å²) in [6.07, 6.45) is 7.72. The molecule has 0 bridgehead atoms. The Hall–Kier alpha value is -0.530. The molecule has 0 radical (unpaired) electrons. The first-order valence-corrected chi connectivity index (χ1v) is 4.55. The molecule has 0 saturated carbocycles. The zero-order chi connectivity index (χ0) is 8.36. The van der Waals surface area contributed by atoms with Crippen LogP contribution in [0.25, 0.3) is 0 Å². The molecule has 0 aliphatic rings. The minimum absolute atomic E-state index is 0.774. The second-order valence-corrected chi connectivity index (χ2v) is 2.59. The van der Waals surface area contributed by atoms with Crippen LogP contribution in [-0.4, -0.2) is 12.8 Å². The third-order valence-electron chi connectivity index (χ3n) is 1.42. The van der Waals surface area contributed by atoms with Crippen LogP contribution in [0.1, 0.15) is 46.0 Å². The highest BCUT2D eigenvalue weighted by Crippen LogP contribution is 1.98. The van der Waals surface area contributed by atoms with E-state index < -0.39 is 0 Å². The number of hydrogen-bond acceptors (Lipinski definition) is 2. The summed E-state index contributed by atoms with van der Waals surface area (Å²) in [5, 5.41) is 3.76. The van der Waals surface area contributed by atoms with Crippen LogP contribution in [0, 0.1) is 0 Å². The van der Waals surface area contributed by atoms with Crippen LogP contribution in [0.2, 0.25) is 0 Å². The number of nitrogens with zero attached hydrogens (tertiary/aromatic N) is 1. The fraction of sp³-hybridized carbons (Fsp3) is 0.889. The van der Waals surface area contributed by atoms with E-state index in [0.717, 1.165) is 19.4 Å². The van der Waals surface area contributed by atoms with Crippen molar-refractivity contribution in [2.45, 2.75) is 46.0 Å². The summed E-state index contributed by atoms with van der Waals surface area (Å²) in [5.74, 6) is 0. The molecule has 0 saturated heterocycles. The Balaban J connectivity index is 2.85. The van der Waals surface area contributed by atoms with Gasteiger partial charge in [-0.05, 0) is 19.3 Å². The third kappa shape index (κ3) is 9.47. The lowest BCUT2D eigenvalue weighted by Crippen LogP contribution is -1.87. The quantitative estimate of drug-likeness (QED) is 0.316. The van der Waals surface area contributed by atoms with Crippen LogP contribution in [0.15, 0.2) is 5.16 Å². The molecule has 0 amide bonds. The molecule has 0 aromatic heterocycles. The van der Waals surface area contributed by atoms with Gasteiger partial charge in [0.25, 0.3) is 0 Å². The zero-order valence-corrected chi connectivity index (χ0v) is 7.68. The zero-order valence-electron chi connectivity index (χ0n) is 7.68. The minimum Gasteiger partial charge on any atom is -0.396 e. The summed E-state index contributed by atoms with van der Waals surface area (Å²) in [6, 6.07) is 0. The van der Waals surface area contributed by atoms with E-state index in [0.29, 0.717) is 0 Å². The van der Waals surface area contributed by atoms with E-state index in [-0.39, 0.29) is 0 Å². The van der Waals surface area contributed by atoms with E-state index in [9.17, 15) is 0 Å². The molecule has 0 aromatic rings. The van der Waals surface area contributed by atoms with Gasteiger partial charge < -0.3 is 4.84 Å². The highest BCUT2D eigenvalue weighted by Gasteiger charge is 1.85. The van der Waals surface area contributed by atoms with Gasteiger partial charge in [0.1, 0.15) is 6.61 Å². The maximum atomic E-state index is 4.99. The van der Waals surface area contributed by atoms with Crippen molar-refractivity contribution in [3.63, 3.8) is 0 Å². The van der Waals surface area contributed by atoms with E-state index in [4.69, 9.17) is 4.84 Å². The Kier molecular flexibility index (Phi) is 9.01. The number of hydrogen-bond donors (Lipinski definition) is 0. The average molecular weight is 157 g/mol. The van der Waals surface area contributed by atoms with Crippen molar-refractivity contribution >= 4 is 6.21 Å². The Labute approximate surface area is 69.6 Å². The van der Waals surface area contributed by atoms with Gasteiger partial charge in [0.05, 0.1) is 0 Å². The molecular formula is C9H19NO. The molecule has 0 unspecified atom stereocenters. The summed E-state index contributed by atoms with van der Waals surface area (Å²) in [7, 11) is 0.